The van der Waals surface area contributed by atoms with Gasteiger partial charge >= 0.3 is 6.03 Å². The minimum Gasteiger partial charge on any atom is -0.370 e. The van der Waals surface area contributed by atoms with E-state index < -0.39 is 17.8 Å². The second-order valence-corrected chi connectivity index (χ2v) is 8.42. The van der Waals surface area contributed by atoms with E-state index in [4.69, 9.17) is 5.73 Å². The number of urea groups is 1. The number of rotatable bonds is 9. The molecule has 0 radical (unpaired) electrons. The molecule has 0 saturated heterocycles. The quantitative estimate of drug-likeness (QED) is 0.521. The van der Waals surface area contributed by atoms with Gasteiger partial charge in [-0.3, -0.25) is 14.9 Å². The summed E-state index contributed by atoms with van der Waals surface area (Å²) in [5.74, 6) is 0.132. The summed E-state index contributed by atoms with van der Waals surface area (Å²) in [6.45, 7) is 8.61. The fraction of sp³-hybridized carbons (Fsp3) is 0.450. The van der Waals surface area contributed by atoms with Crippen molar-refractivity contribution in [2.45, 2.75) is 52.2 Å². The predicted octanol–water partition coefficient (Wildman–Crippen LogP) is 2.41. The lowest BCUT2D eigenvalue weighted by molar-refractivity contribution is -0.118. The summed E-state index contributed by atoms with van der Waals surface area (Å²) in [5.41, 5.74) is 7.87. The Morgan fingerprint density at radius 3 is 2.57 bits per heavy atom. The zero-order valence-corrected chi connectivity index (χ0v) is 18.5. The smallest absolute Gasteiger partial charge is 0.325 e. The Labute approximate surface area is 180 Å². The van der Waals surface area contributed by atoms with Gasteiger partial charge in [-0.15, -0.1) is 10.2 Å². The van der Waals surface area contributed by atoms with Gasteiger partial charge in [-0.05, 0) is 31.4 Å². The van der Waals surface area contributed by atoms with Crippen molar-refractivity contribution in [3.63, 3.8) is 0 Å². The van der Waals surface area contributed by atoms with E-state index in [0.717, 1.165) is 11.1 Å². The lowest BCUT2D eigenvalue weighted by Crippen LogP contribution is -2.35. The summed E-state index contributed by atoms with van der Waals surface area (Å²) in [4.78, 5) is 35.4. The molecule has 0 aliphatic carbocycles. The second kappa shape index (κ2) is 10.8. The standard InChI is InChI=1S/C20H28N6O3S/c1-12(2)10-26-17(8-7-16(21)27)24-25-20(26)30-11-18(28)23-19(29)22-15-6-5-13(3)9-14(15)4/h5-6,9,12H,7-8,10-11H2,1-4H3,(H2,21,27)(H2,22,23,28,29). The molecule has 0 spiro atoms. The van der Waals surface area contributed by atoms with Gasteiger partial charge in [0, 0.05) is 25.1 Å². The Bertz CT molecular complexity index is 925. The van der Waals surface area contributed by atoms with E-state index in [1.165, 1.54) is 11.8 Å². The number of anilines is 1. The van der Waals surface area contributed by atoms with Crippen LogP contribution >= 0.6 is 11.8 Å². The van der Waals surface area contributed by atoms with E-state index >= 15 is 0 Å². The maximum Gasteiger partial charge on any atom is 0.325 e. The van der Waals surface area contributed by atoms with E-state index in [2.05, 4.69) is 34.7 Å². The summed E-state index contributed by atoms with van der Waals surface area (Å²) in [6, 6.07) is 5.05. The third-order valence-corrected chi connectivity index (χ3v) is 5.12. The van der Waals surface area contributed by atoms with Gasteiger partial charge in [0.05, 0.1) is 5.75 Å². The number of nitrogens with zero attached hydrogens (tertiary/aromatic N) is 3. The summed E-state index contributed by atoms with van der Waals surface area (Å²) in [7, 11) is 0. The number of hydrogen-bond acceptors (Lipinski definition) is 6. The van der Waals surface area contributed by atoms with Crippen LogP contribution in [0, 0.1) is 19.8 Å². The lowest BCUT2D eigenvalue weighted by atomic mass is 10.1. The lowest BCUT2D eigenvalue weighted by Gasteiger charge is -2.12. The molecule has 0 bridgehead atoms. The Morgan fingerprint density at radius 1 is 1.20 bits per heavy atom. The van der Waals surface area contributed by atoms with Crippen LogP contribution in [0.3, 0.4) is 0 Å². The highest BCUT2D eigenvalue weighted by atomic mass is 32.2. The molecule has 0 saturated carbocycles. The van der Waals surface area contributed by atoms with Crippen molar-refractivity contribution in [3.8, 4) is 0 Å². The molecule has 0 fully saturated rings. The van der Waals surface area contributed by atoms with E-state index in [1.54, 1.807) is 6.07 Å². The number of nitrogens with two attached hydrogens (primary N) is 1. The first-order valence-corrected chi connectivity index (χ1v) is 10.7. The monoisotopic (exact) mass is 432 g/mol. The van der Waals surface area contributed by atoms with Crippen molar-refractivity contribution < 1.29 is 14.4 Å². The highest BCUT2D eigenvalue weighted by molar-refractivity contribution is 7.99. The molecule has 9 nitrogen and oxygen atoms in total. The largest absolute Gasteiger partial charge is 0.370 e. The molecule has 4 N–H and O–H groups in total. The van der Waals surface area contributed by atoms with Gasteiger partial charge in [0.25, 0.3) is 0 Å². The summed E-state index contributed by atoms with van der Waals surface area (Å²) < 4.78 is 1.89. The van der Waals surface area contributed by atoms with Crippen LogP contribution in [0.15, 0.2) is 23.4 Å². The van der Waals surface area contributed by atoms with E-state index in [9.17, 15) is 14.4 Å². The van der Waals surface area contributed by atoms with Gasteiger partial charge in [0.2, 0.25) is 11.8 Å². The van der Waals surface area contributed by atoms with Crippen LogP contribution in [-0.4, -0.2) is 38.4 Å². The number of thioether (sulfide) groups is 1. The van der Waals surface area contributed by atoms with Crippen LogP contribution in [0.4, 0.5) is 10.5 Å². The average Bonchev–Trinajstić information content (AvgIpc) is 3.01. The molecule has 2 rings (SSSR count). The molecule has 0 unspecified atom stereocenters. The highest BCUT2D eigenvalue weighted by Crippen LogP contribution is 2.20. The van der Waals surface area contributed by atoms with E-state index in [1.807, 2.05) is 30.5 Å². The van der Waals surface area contributed by atoms with Crippen LogP contribution in [0.1, 0.15) is 37.2 Å². The first kappa shape index (κ1) is 23.4. The van der Waals surface area contributed by atoms with Crippen LogP contribution in [0.2, 0.25) is 0 Å². The van der Waals surface area contributed by atoms with Gasteiger partial charge in [-0.1, -0.05) is 43.3 Å². The number of carbonyl (C=O) groups excluding carboxylic acids is 3. The average molecular weight is 433 g/mol. The van der Waals surface area contributed by atoms with Crippen molar-refractivity contribution in [2.75, 3.05) is 11.1 Å². The third-order valence-electron chi connectivity index (χ3n) is 4.15. The van der Waals surface area contributed by atoms with Crippen LogP contribution in [0.25, 0.3) is 0 Å². The molecule has 0 aliphatic rings. The van der Waals surface area contributed by atoms with Gasteiger partial charge < -0.3 is 15.6 Å². The van der Waals surface area contributed by atoms with Gasteiger partial charge in [0.1, 0.15) is 5.82 Å². The molecule has 1 heterocycles. The van der Waals surface area contributed by atoms with Crippen LogP contribution in [0.5, 0.6) is 0 Å². The Hall–Kier alpha value is -2.88. The first-order chi connectivity index (χ1) is 14.2. The number of hydrogen-bond donors (Lipinski definition) is 3. The number of primary amides is 1. The molecular formula is C20H28N6O3S. The highest BCUT2D eigenvalue weighted by Gasteiger charge is 2.17. The molecule has 0 aliphatic heterocycles. The van der Waals surface area contributed by atoms with Crippen molar-refractivity contribution in [1.29, 1.82) is 0 Å². The minimum atomic E-state index is -0.585. The van der Waals surface area contributed by atoms with Crippen molar-refractivity contribution in [2.24, 2.45) is 11.7 Å². The number of imide groups is 1. The Morgan fingerprint density at radius 2 is 1.93 bits per heavy atom. The maximum absolute atomic E-state index is 12.2. The molecule has 162 valence electrons. The molecule has 2 aromatic rings. The second-order valence-electron chi connectivity index (χ2n) is 7.48. The number of benzene rings is 1. The zero-order chi connectivity index (χ0) is 22.3. The van der Waals surface area contributed by atoms with Crippen molar-refractivity contribution >= 4 is 35.3 Å². The summed E-state index contributed by atoms with van der Waals surface area (Å²) in [6.07, 6.45) is 0.570. The minimum absolute atomic E-state index is 0.00630. The number of amides is 4. The third kappa shape index (κ3) is 7.18. The maximum atomic E-state index is 12.2. The molecule has 1 aromatic carbocycles. The van der Waals surface area contributed by atoms with Crippen molar-refractivity contribution in [1.82, 2.24) is 20.1 Å². The summed E-state index contributed by atoms with van der Waals surface area (Å²) in [5, 5.41) is 13.8. The van der Waals surface area contributed by atoms with E-state index in [-0.39, 0.29) is 12.2 Å². The topological polar surface area (TPSA) is 132 Å². The van der Waals surface area contributed by atoms with Gasteiger partial charge in [-0.2, -0.15) is 0 Å². The Balaban J connectivity index is 1.94. The fourth-order valence-corrected chi connectivity index (χ4v) is 3.56. The fourth-order valence-electron chi connectivity index (χ4n) is 2.79. The van der Waals surface area contributed by atoms with Gasteiger partial charge in [-0.25, -0.2) is 4.79 Å². The Kier molecular flexibility index (Phi) is 8.40. The first-order valence-electron chi connectivity index (χ1n) is 9.67. The normalized spacial score (nSPS) is 10.8. The SMILES string of the molecule is Cc1ccc(NC(=O)NC(=O)CSc2nnc(CCC(N)=O)n2CC(C)C)c(C)c1. The van der Waals surface area contributed by atoms with E-state index in [0.29, 0.717) is 35.6 Å². The molecular weight excluding hydrogens is 404 g/mol. The molecule has 4 amide bonds. The zero-order valence-electron chi connectivity index (χ0n) is 17.7. The number of carbonyl (C=O) groups is 3. The number of aromatic nitrogens is 3. The molecule has 10 heteroatoms. The van der Waals surface area contributed by atoms with Crippen LogP contribution in [-0.2, 0) is 22.6 Å². The van der Waals surface area contributed by atoms with Gasteiger partial charge in [0.15, 0.2) is 5.16 Å². The van der Waals surface area contributed by atoms with Crippen LogP contribution < -0.4 is 16.4 Å². The molecule has 30 heavy (non-hydrogen) atoms. The van der Waals surface area contributed by atoms with Crippen molar-refractivity contribution in [3.05, 3.63) is 35.2 Å². The number of aryl methyl sites for hydroxylation is 3. The summed E-state index contributed by atoms with van der Waals surface area (Å²) >= 11 is 1.19. The molecule has 0 atom stereocenters. The molecule has 1 aromatic heterocycles. The number of nitrogens with one attached hydrogen (secondary N) is 2. The predicted molar refractivity (Wildman–Crippen MR) is 116 cm³/mol.